The van der Waals surface area contributed by atoms with Gasteiger partial charge >= 0.3 is 0 Å². The molecule has 0 saturated heterocycles. The number of anilines is 1. The number of hydrogen-bond acceptors (Lipinski definition) is 4. The maximum absolute atomic E-state index is 9.12. The summed E-state index contributed by atoms with van der Waals surface area (Å²) in [5, 5.41) is 29.9. The van der Waals surface area contributed by atoms with E-state index >= 15 is 0 Å². The summed E-state index contributed by atoms with van der Waals surface area (Å²) < 4.78 is 0. The van der Waals surface area contributed by atoms with Crippen LogP contribution in [0.4, 0.5) is 5.69 Å². The normalized spacial score (nSPS) is 11.9. The Morgan fingerprint density at radius 1 is 1.53 bits per heavy atom. The maximum Gasteiger partial charge on any atom is 0.101 e. The highest BCUT2D eigenvalue weighted by molar-refractivity contribution is 6.30. The molecular formula is C10H11ClN2O2. The molecule has 0 aliphatic rings. The standard InChI is InChI=1S/C10H11ClN2O2/c11-8-2-1-7(4-12)10(3-8)13-5-9(15)6-14/h1-3,9,13-15H,5-6H2. The Kier molecular flexibility index (Phi) is 4.37. The van der Waals surface area contributed by atoms with E-state index in [0.29, 0.717) is 16.3 Å². The van der Waals surface area contributed by atoms with E-state index in [1.54, 1.807) is 18.2 Å². The zero-order chi connectivity index (χ0) is 11.3. The Morgan fingerprint density at radius 2 is 2.27 bits per heavy atom. The second kappa shape index (κ2) is 5.56. The van der Waals surface area contributed by atoms with Crippen molar-refractivity contribution in [2.75, 3.05) is 18.5 Å². The molecule has 1 aromatic carbocycles. The summed E-state index contributed by atoms with van der Waals surface area (Å²) in [7, 11) is 0. The van der Waals surface area contributed by atoms with Crippen LogP contribution in [0.3, 0.4) is 0 Å². The SMILES string of the molecule is N#Cc1ccc(Cl)cc1NCC(O)CO. The van der Waals surface area contributed by atoms with Gasteiger partial charge in [0.05, 0.1) is 24.0 Å². The zero-order valence-electron chi connectivity index (χ0n) is 7.94. The van der Waals surface area contributed by atoms with E-state index < -0.39 is 6.10 Å². The van der Waals surface area contributed by atoms with Crippen LogP contribution in [0.15, 0.2) is 18.2 Å². The van der Waals surface area contributed by atoms with Crippen LogP contribution in [-0.2, 0) is 0 Å². The van der Waals surface area contributed by atoms with Gasteiger partial charge in [-0.1, -0.05) is 11.6 Å². The highest BCUT2D eigenvalue weighted by atomic mass is 35.5. The molecule has 3 N–H and O–H groups in total. The lowest BCUT2D eigenvalue weighted by Gasteiger charge is -2.11. The van der Waals surface area contributed by atoms with Crippen LogP contribution in [0.5, 0.6) is 0 Å². The topological polar surface area (TPSA) is 76.3 Å². The highest BCUT2D eigenvalue weighted by Gasteiger charge is 2.05. The Labute approximate surface area is 92.7 Å². The molecule has 1 rings (SSSR count). The Morgan fingerprint density at radius 3 is 2.87 bits per heavy atom. The molecule has 0 bridgehead atoms. The van der Waals surface area contributed by atoms with E-state index in [-0.39, 0.29) is 13.2 Å². The molecule has 0 saturated carbocycles. The van der Waals surface area contributed by atoms with E-state index in [2.05, 4.69) is 5.32 Å². The molecule has 15 heavy (non-hydrogen) atoms. The van der Waals surface area contributed by atoms with Gasteiger partial charge in [-0.05, 0) is 18.2 Å². The predicted octanol–water partition coefficient (Wildman–Crippen LogP) is 0.977. The van der Waals surface area contributed by atoms with Gasteiger partial charge in [-0.15, -0.1) is 0 Å². The van der Waals surface area contributed by atoms with Crippen LogP contribution in [-0.4, -0.2) is 29.5 Å². The molecular weight excluding hydrogens is 216 g/mol. The van der Waals surface area contributed by atoms with Crippen LogP contribution in [0, 0.1) is 11.3 Å². The molecule has 0 fully saturated rings. The molecule has 0 radical (unpaired) electrons. The van der Waals surface area contributed by atoms with Gasteiger partial charge in [0.25, 0.3) is 0 Å². The summed E-state index contributed by atoms with van der Waals surface area (Å²) in [5.41, 5.74) is 1.00. The van der Waals surface area contributed by atoms with Crippen molar-refractivity contribution in [2.24, 2.45) is 0 Å². The molecule has 0 amide bonds. The molecule has 0 spiro atoms. The third-order valence-electron chi connectivity index (χ3n) is 1.84. The molecule has 80 valence electrons. The van der Waals surface area contributed by atoms with Crippen molar-refractivity contribution in [2.45, 2.75) is 6.10 Å². The number of nitriles is 1. The fourth-order valence-corrected chi connectivity index (χ4v) is 1.22. The average Bonchev–Trinajstić information content (AvgIpc) is 2.26. The molecule has 1 unspecified atom stereocenters. The van der Waals surface area contributed by atoms with Crippen LogP contribution in [0.25, 0.3) is 0 Å². The van der Waals surface area contributed by atoms with E-state index in [9.17, 15) is 0 Å². The quantitative estimate of drug-likeness (QED) is 0.715. The molecule has 0 aliphatic carbocycles. The number of nitrogens with zero attached hydrogens (tertiary/aromatic N) is 1. The zero-order valence-corrected chi connectivity index (χ0v) is 8.70. The fraction of sp³-hybridized carbons (Fsp3) is 0.300. The van der Waals surface area contributed by atoms with Gasteiger partial charge in [0.15, 0.2) is 0 Å². The number of rotatable bonds is 4. The first kappa shape index (κ1) is 11.8. The van der Waals surface area contributed by atoms with Gasteiger partial charge in [0.2, 0.25) is 0 Å². The lowest BCUT2D eigenvalue weighted by atomic mass is 10.2. The summed E-state index contributed by atoms with van der Waals surface area (Å²) >= 11 is 5.76. The van der Waals surface area contributed by atoms with Crippen molar-refractivity contribution in [3.05, 3.63) is 28.8 Å². The number of hydrogen-bond donors (Lipinski definition) is 3. The van der Waals surface area contributed by atoms with E-state index in [4.69, 9.17) is 27.1 Å². The lowest BCUT2D eigenvalue weighted by Crippen LogP contribution is -2.23. The Hall–Kier alpha value is -1.28. The van der Waals surface area contributed by atoms with Gasteiger partial charge in [0.1, 0.15) is 6.07 Å². The predicted molar refractivity (Wildman–Crippen MR) is 57.7 cm³/mol. The Bertz CT molecular complexity index is 376. The van der Waals surface area contributed by atoms with E-state index in [0.717, 1.165) is 0 Å². The third-order valence-corrected chi connectivity index (χ3v) is 2.08. The first-order valence-corrected chi connectivity index (χ1v) is 4.77. The lowest BCUT2D eigenvalue weighted by molar-refractivity contribution is 0.105. The minimum absolute atomic E-state index is 0.172. The average molecular weight is 227 g/mol. The van der Waals surface area contributed by atoms with E-state index in [1.807, 2.05) is 6.07 Å². The first-order valence-electron chi connectivity index (χ1n) is 4.40. The van der Waals surface area contributed by atoms with Crippen LogP contribution < -0.4 is 5.32 Å². The number of halogens is 1. The molecule has 0 aliphatic heterocycles. The number of aliphatic hydroxyl groups is 2. The fourth-order valence-electron chi connectivity index (χ4n) is 1.05. The second-order valence-corrected chi connectivity index (χ2v) is 3.46. The number of benzene rings is 1. The van der Waals surface area contributed by atoms with E-state index in [1.165, 1.54) is 0 Å². The summed E-state index contributed by atoms with van der Waals surface area (Å²) in [6.45, 7) is -0.152. The molecule has 1 aromatic rings. The van der Waals surface area contributed by atoms with Crippen LogP contribution >= 0.6 is 11.6 Å². The van der Waals surface area contributed by atoms with Gasteiger partial charge in [-0.3, -0.25) is 0 Å². The van der Waals surface area contributed by atoms with Gasteiger partial charge in [-0.25, -0.2) is 0 Å². The minimum Gasteiger partial charge on any atom is -0.394 e. The van der Waals surface area contributed by atoms with Crippen molar-refractivity contribution in [1.82, 2.24) is 0 Å². The van der Waals surface area contributed by atoms with Gasteiger partial charge in [-0.2, -0.15) is 5.26 Å². The molecule has 5 heteroatoms. The van der Waals surface area contributed by atoms with Crippen molar-refractivity contribution in [1.29, 1.82) is 5.26 Å². The maximum atomic E-state index is 9.12. The van der Waals surface area contributed by atoms with Gasteiger partial charge < -0.3 is 15.5 Å². The van der Waals surface area contributed by atoms with Gasteiger partial charge in [0, 0.05) is 11.6 Å². The van der Waals surface area contributed by atoms with Crippen molar-refractivity contribution in [3.8, 4) is 6.07 Å². The monoisotopic (exact) mass is 226 g/mol. The Balaban J connectivity index is 2.75. The largest absolute Gasteiger partial charge is 0.394 e. The van der Waals surface area contributed by atoms with Crippen molar-refractivity contribution in [3.63, 3.8) is 0 Å². The highest BCUT2D eigenvalue weighted by Crippen LogP contribution is 2.20. The number of aliphatic hydroxyl groups excluding tert-OH is 2. The molecule has 1 atom stereocenters. The smallest absolute Gasteiger partial charge is 0.101 e. The first-order chi connectivity index (χ1) is 7.17. The van der Waals surface area contributed by atoms with Crippen LogP contribution in [0.2, 0.25) is 5.02 Å². The summed E-state index contributed by atoms with van der Waals surface area (Å²) in [6, 6.07) is 6.81. The summed E-state index contributed by atoms with van der Waals surface area (Å²) in [6.07, 6.45) is -0.851. The molecule has 0 heterocycles. The second-order valence-electron chi connectivity index (χ2n) is 3.02. The summed E-state index contributed by atoms with van der Waals surface area (Å²) in [4.78, 5) is 0. The van der Waals surface area contributed by atoms with Crippen LogP contribution in [0.1, 0.15) is 5.56 Å². The molecule has 4 nitrogen and oxygen atoms in total. The summed E-state index contributed by atoms with van der Waals surface area (Å²) in [5.74, 6) is 0. The molecule has 0 aromatic heterocycles. The van der Waals surface area contributed by atoms with Crippen molar-refractivity contribution >= 4 is 17.3 Å². The third kappa shape index (κ3) is 3.40. The minimum atomic E-state index is -0.851. The number of nitrogens with one attached hydrogen (secondary N) is 1. The van der Waals surface area contributed by atoms with Crippen molar-refractivity contribution < 1.29 is 10.2 Å².